The van der Waals surface area contributed by atoms with E-state index in [1.165, 1.54) is 20.3 Å². The lowest BCUT2D eigenvalue weighted by molar-refractivity contribution is -0.132. The lowest BCUT2D eigenvalue weighted by Gasteiger charge is -2.11. The molecule has 1 aromatic rings. The average Bonchev–Trinajstić information content (AvgIpc) is 2.34. The Hall–Kier alpha value is -2.00. The second kappa shape index (κ2) is 6.07. The van der Waals surface area contributed by atoms with Gasteiger partial charge in [-0.05, 0) is 18.2 Å². The zero-order valence-corrected chi connectivity index (χ0v) is 11.3. The van der Waals surface area contributed by atoms with Crippen LogP contribution >= 0.6 is 15.9 Å². The number of hydrogen-bond acceptors (Lipinski definition) is 4. The molecule has 1 N–H and O–H groups in total. The Morgan fingerprint density at radius 3 is 2.56 bits per heavy atom. The topological polar surface area (TPSA) is 79.5 Å². The van der Waals surface area contributed by atoms with E-state index < -0.39 is 5.97 Å². The van der Waals surface area contributed by atoms with Crippen molar-refractivity contribution in [3.05, 3.63) is 27.7 Å². The van der Waals surface area contributed by atoms with Crippen LogP contribution < -0.4 is 9.47 Å². The number of methoxy groups -OCH3 is 2. The molecule has 0 fully saturated rings. The molecule has 0 radical (unpaired) electrons. The largest absolute Gasteiger partial charge is 0.493 e. The Kier molecular flexibility index (Phi) is 4.75. The third-order valence-corrected chi connectivity index (χ3v) is 2.58. The van der Waals surface area contributed by atoms with Crippen LogP contribution in [-0.2, 0) is 4.79 Å². The molecular formula is C12H10BrNO4. The first-order valence-electron chi connectivity index (χ1n) is 4.80. The van der Waals surface area contributed by atoms with Gasteiger partial charge >= 0.3 is 5.97 Å². The summed E-state index contributed by atoms with van der Waals surface area (Å²) in [7, 11) is 2.91. The zero-order valence-electron chi connectivity index (χ0n) is 9.73. The van der Waals surface area contributed by atoms with Crippen molar-refractivity contribution in [3.63, 3.8) is 0 Å². The van der Waals surface area contributed by atoms with E-state index in [0.717, 1.165) is 0 Å². The summed E-state index contributed by atoms with van der Waals surface area (Å²) >= 11 is 3.27. The van der Waals surface area contributed by atoms with Crippen molar-refractivity contribution in [1.29, 1.82) is 5.26 Å². The molecular weight excluding hydrogens is 302 g/mol. The van der Waals surface area contributed by atoms with Gasteiger partial charge in [-0.1, -0.05) is 15.9 Å². The lowest BCUT2D eigenvalue weighted by Crippen LogP contribution is -1.99. The van der Waals surface area contributed by atoms with Gasteiger partial charge in [0.25, 0.3) is 0 Å². The van der Waals surface area contributed by atoms with E-state index in [-0.39, 0.29) is 5.57 Å². The van der Waals surface area contributed by atoms with Crippen molar-refractivity contribution in [1.82, 2.24) is 0 Å². The van der Waals surface area contributed by atoms with Crippen LogP contribution in [0, 0.1) is 11.3 Å². The molecule has 0 amide bonds. The maximum Gasteiger partial charge on any atom is 0.346 e. The van der Waals surface area contributed by atoms with Crippen molar-refractivity contribution in [2.45, 2.75) is 0 Å². The Morgan fingerprint density at radius 2 is 2.11 bits per heavy atom. The SMILES string of the molecule is COc1cc(Br)cc(/C=C(\C#N)C(=O)O)c1OC. The molecule has 0 spiro atoms. The van der Waals surface area contributed by atoms with E-state index in [1.807, 2.05) is 0 Å². The number of halogens is 1. The maximum absolute atomic E-state index is 10.8. The molecule has 0 atom stereocenters. The monoisotopic (exact) mass is 311 g/mol. The molecule has 1 rings (SSSR count). The third kappa shape index (κ3) is 3.02. The van der Waals surface area contributed by atoms with Crippen molar-refractivity contribution in [2.75, 3.05) is 14.2 Å². The standard InChI is InChI=1S/C12H10BrNO4/c1-17-10-5-9(13)4-7(11(10)18-2)3-8(6-14)12(15)16/h3-5H,1-2H3,(H,15,16)/b8-3+. The summed E-state index contributed by atoms with van der Waals surface area (Å²) in [6, 6.07) is 4.93. The highest BCUT2D eigenvalue weighted by Crippen LogP contribution is 2.35. The van der Waals surface area contributed by atoms with Crippen LogP contribution in [0.5, 0.6) is 11.5 Å². The second-order valence-corrected chi connectivity index (χ2v) is 4.12. The molecule has 1 aromatic carbocycles. The van der Waals surface area contributed by atoms with Crippen molar-refractivity contribution in [3.8, 4) is 17.6 Å². The first kappa shape index (κ1) is 14.1. The number of ether oxygens (including phenoxy) is 2. The molecule has 0 saturated carbocycles. The minimum absolute atomic E-state index is 0.370. The first-order chi connectivity index (χ1) is 8.53. The normalized spacial score (nSPS) is 10.7. The summed E-state index contributed by atoms with van der Waals surface area (Å²) in [5, 5.41) is 17.6. The zero-order chi connectivity index (χ0) is 13.7. The van der Waals surface area contributed by atoms with E-state index in [1.54, 1.807) is 18.2 Å². The molecule has 6 heteroatoms. The summed E-state index contributed by atoms with van der Waals surface area (Å²) in [5.41, 5.74) is 0.0659. The van der Waals surface area contributed by atoms with Gasteiger partial charge in [0.2, 0.25) is 0 Å². The van der Waals surface area contributed by atoms with Gasteiger partial charge < -0.3 is 14.6 Å². The lowest BCUT2D eigenvalue weighted by atomic mass is 10.1. The highest BCUT2D eigenvalue weighted by molar-refractivity contribution is 9.10. The van der Waals surface area contributed by atoms with Crippen LogP contribution in [0.4, 0.5) is 0 Å². The van der Waals surface area contributed by atoms with Gasteiger partial charge in [-0.15, -0.1) is 0 Å². The van der Waals surface area contributed by atoms with Crippen LogP contribution in [0.25, 0.3) is 6.08 Å². The van der Waals surface area contributed by atoms with Gasteiger partial charge in [-0.2, -0.15) is 5.26 Å². The Balaban J connectivity index is 3.45. The fourth-order valence-electron chi connectivity index (χ4n) is 1.36. The van der Waals surface area contributed by atoms with Gasteiger partial charge in [-0.3, -0.25) is 0 Å². The number of carboxylic acid groups (broad SMARTS) is 1. The van der Waals surface area contributed by atoms with Gasteiger partial charge in [0.1, 0.15) is 11.6 Å². The van der Waals surface area contributed by atoms with Crippen molar-refractivity contribution in [2.24, 2.45) is 0 Å². The van der Waals surface area contributed by atoms with Gasteiger partial charge in [-0.25, -0.2) is 4.79 Å². The average molecular weight is 312 g/mol. The summed E-state index contributed by atoms with van der Waals surface area (Å²) < 4.78 is 11.0. The Bertz CT molecular complexity index is 546. The summed E-state index contributed by atoms with van der Waals surface area (Å²) in [5.74, 6) is -0.478. The molecule has 0 heterocycles. The fraction of sp³-hybridized carbons (Fsp3) is 0.167. The molecule has 0 aromatic heterocycles. The molecule has 0 unspecified atom stereocenters. The molecule has 94 valence electrons. The van der Waals surface area contributed by atoms with Crippen LogP contribution in [0.15, 0.2) is 22.2 Å². The highest BCUT2D eigenvalue weighted by atomic mass is 79.9. The number of hydrogen-bond donors (Lipinski definition) is 1. The first-order valence-corrected chi connectivity index (χ1v) is 5.59. The predicted octanol–water partition coefficient (Wildman–Crippen LogP) is 2.46. The number of carbonyl (C=O) groups is 1. The van der Waals surface area contributed by atoms with Crippen LogP contribution in [0.2, 0.25) is 0 Å². The number of rotatable bonds is 4. The fourth-order valence-corrected chi connectivity index (χ4v) is 1.82. The van der Waals surface area contributed by atoms with Crippen molar-refractivity contribution < 1.29 is 19.4 Å². The molecule has 18 heavy (non-hydrogen) atoms. The summed E-state index contributed by atoms with van der Waals surface area (Å²) in [4.78, 5) is 10.8. The predicted molar refractivity (Wildman–Crippen MR) is 68.5 cm³/mol. The molecule has 0 aliphatic rings. The van der Waals surface area contributed by atoms with E-state index in [2.05, 4.69) is 15.9 Å². The van der Waals surface area contributed by atoms with Gasteiger partial charge in [0, 0.05) is 10.0 Å². The van der Waals surface area contributed by atoms with Gasteiger partial charge in [0.15, 0.2) is 11.5 Å². The van der Waals surface area contributed by atoms with E-state index >= 15 is 0 Å². The number of carboxylic acids is 1. The summed E-state index contributed by atoms with van der Waals surface area (Å²) in [6.45, 7) is 0. The van der Waals surface area contributed by atoms with Crippen LogP contribution in [0.1, 0.15) is 5.56 Å². The van der Waals surface area contributed by atoms with E-state index in [0.29, 0.717) is 21.5 Å². The van der Waals surface area contributed by atoms with Crippen molar-refractivity contribution >= 4 is 28.0 Å². The number of benzene rings is 1. The quantitative estimate of drug-likeness (QED) is 0.682. The second-order valence-electron chi connectivity index (χ2n) is 3.21. The van der Waals surface area contributed by atoms with Gasteiger partial charge in [0.05, 0.1) is 14.2 Å². The third-order valence-electron chi connectivity index (χ3n) is 2.12. The summed E-state index contributed by atoms with van der Waals surface area (Å²) in [6.07, 6.45) is 1.23. The highest BCUT2D eigenvalue weighted by Gasteiger charge is 2.13. The van der Waals surface area contributed by atoms with Crippen LogP contribution in [0.3, 0.4) is 0 Å². The molecule has 0 bridgehead atoms. The molecule has 0 aliphatic carbocycles. The number of nitriles is 1. The molecule has 0 aliphatic heterocycles. The molecule has 0 saturated heterocycles. The van der Waals surface area contributed by atoms with Crippen LogP contribution in [-0.4, -0.2) is 25.3 Å². The smallest absolute Gasteiger partial charge is 0.346 e. The number of nitrogens with zero attached hydrogens (tertiary/aromatic N) is 1. The van der Waals surface area contributed by atoms with E-state index in [4.69, 9.17) is 19.8 Å². The van der Waals surface area contributed by atoms with E-state index in [9.17, 15) is 4.79 Å². The maximum atomic E-state index is 10.8. The number of aliphatic carboxylic acids is 1. The minimum atomic E-state index is -1.29. The Morgan fingerprint density at radius 1 is 1.44 bits per heavy atom. The molecule has 5 nitrogen and oxygen atoms in total. The Labute approximate surface area is 112 Å². The minimum Gasteiger partial charge on any atom is -0.493 e.